The van der Waals surface area contributed by atoms with Crippen LogP contribution in [0.15, 0.2) is 41.3 Å². The number of rotatable bonds is 11. The largest absolute Gasteiger partial charge is 0.496 e. The zero-order valence-corrected chi connectivity index (χ0v) is 32.6. The molecular formula is C40H50ClFN6O6. The lowest BCUT2D eigenvalue weighted by Crippen LogP contribution is -2.52. The summed E-state index contributed by atoms with van der Waals surface area (Å²) in [6.45, 7) is 5.52. The Morgan fingerprint density at radius 2 is 1.70 bits per heavy atom. The average molecular weight is 765 g/mol. The van der Waals surface area contributed by atoms with E-state index in [9.17, 15) is 24.0 Å². The first-order valence-electron chi connectivity index (χ1n) is 18.4. The van der Waals surface area contributed by atoms with E-state index >= 15 is 4.39 Å². The number of carbonyl (C=O) groups is 4. The minimum Gasteiger partial charge on any atom is -0.496 e. The molecule has 2 aliphatic rings. The number of aldehydes is 1. The maximum Gasteiger partial charge on any atom is 0.319 e. The lowest BCUT2D eigenvalue weighted by Gasteiger charge is -2.40. The first-order valence-corrected chi connectivity index (χ1v) is 18.7. The summed E-state index contributed by atoms with van der Waals surface area (Å²) in [4.78, 5) is 68.2. The van der Waals surface area contributed by atoms with Crippen LogP contribution in [0.3, 0.4) is 0 Å². The Labute approximate surface area is 320 Å². The Balaban J connectivity index is 1.16. The van der Waals surface area contributed by atoms with Crippen molar-refractivity contribution in [3.63, 3.8) is 0 Å². The molecule has 5 rings (SSSR count). The van der Waals surface area contributed by atoms with Gasteiger partial charge in [-0.3, -0.25) is 14.4 Å². The zero-order valence-electron chi connectivity index (χ0n) is 31.8. The maximum atomic E-state index is 15.3. The topological polar surface area (TPSA) is 133 Å². The van der Waals surface area contributed by atoms with E-state index in [-0.39, 0.29) is 58.2 Å². The number of benzene rings is 2. The smallest absolute Gasteiger partial charge is 0.319 e. The Hall–Kier alpha value is -4.91. The summed E-state index contributed by atoms with van der Waals surface area (Å²) in [7, 11) is 6.50. The molecule has 2 fully saturated rings. The molecule has 1 unspecified atom stereocenters. The molecule has 3 heterocycles. The molecule has 0 spiro atoms. The van der Waals surface area contributed by atoms with Crippen molar-refractivity contribution in [2.75, 3.05) is 52.7 Å². The van der Waals surface area contributed by atoms with E-state index < -0.39 is 6.04 Å². The molecule has 54 heavy (non-hydrogen) atoms. The van der Waals surface area contributed by atoms with Gasteiger partial charge in [0.1, 0.15) is 29.5 Å². The highest BCUT2D eigenvalue weighted by atomic mass is 35.5. The van der Waals surface area contributed by atoms with Crippen molar-refractivity contribution in [1.82, 2.24) is 24.6 Å². The van der Waals surface area contributed by atoms with Gasteiger partial charge in [-0.15, -0.1) is 0 Å². The van der Waals surface area contributed by atoms with Crippen LogP contribution in [-0.4, -0.2) is 103 Å². The summed E-state index contributed by atoms with van der Waals surface area (Å²) in [6, 6.07) is 7.57. The number of hydrogen-bond acceptors (Lipinski definition) is 7. The second kappa shape index (κ2) is 17.5. The summed E-state index contributed by atoms with van der Waals surface area (Å²) in [5.41, 5.74) is 4.26. The second-order valence-electron chi connectivity index (χ2n) is 14.2. The van der Waals surface area contributed by atoms with Gasteiger partial charge in [0.15, 0.2) is 0 Å². The van der Waals surface area contributed by atoms with E-state index in [4.69, 9.17) is 16.3 Å². The van der Waals surface area contributed by atoms with Crippen LogP contribution in [0.1, 0.15) is 71.5 Å². The number of nitrogens with one attached hydrogen (secondary N) is 2. The van der Waals surface area contributed by atoms with Gasteiger partial charge in [-0.1, -0.05) is 17.7 Å². The van der Waals surface area contributed by atoms with Crippen molar-refractivity contribution in [1.29, 1.82) is 0 Å². The predicted molar refractivity (Wildman–Crippen MR) is 207 cm³/mol. The third-order valence-corrected chi connectivity index (χ3v) is 11.3. The van der Waals surface area contributed by atoms with Crippen LogP contribution in [0.25, 0.3) is 11.1 Å². The zero-order chi connectivity index (χ0) is 39.3. The first-order chi connectivity index (χ1) is 25.8. The van der Waals surface area contributed by atoms with Gasteiger partial charge in [-0.25, -0.2) is 9.18 Å². The number of ether oxygens (including phenoxy) is 1. The number of likely N-dealkylation sites (N-methyl/N-ethyl adjacent to an activating group) is 1. The number of pyridine rings is 1. The minimum atomic E-state index is -0.654. The molecule has 1 aromatic heterocycles. The molecule has 14 heteroatoms. The Morgan fingerprint density at radius 1 is 1.04 bits per heavy atom. The fourth-order valence-electron chi connectivity index (χ4n) is 7.57. The fraction of sp³-hybridized carbons (Fsp3) is 0.475. The minimum absolute atomic E-state index is 0.0557. The summed E-state index contributed by atoms with van der Waals surface area (Å²) in [5, 5.41) is 5.85. The molecule has 0 saturated carbocycles. The van der Waals surface area contributed by atoms with Crippen LogP contribution in [0.4, 0.5) is 14.9 Å². The molecule has 2 saturated heterocycles. The number of amides is 4. The van der Waals surface area contributed by atoms with Crippen LogP contribution < -0.4 is 20.9 Å². The Kier molecular flexibility index (Phi) is 13.0. The molecule has 0 radical (unpaired) electrons. The van der Waals surface area contributed by atoms with Crippen LogP contribution in [0, 0.1) is 19.7 Å². The van der Waals surface area contributed by atoms with Crippen molar-refractivity contribution >= 4 is 41.4 Å². The number of aromatic nitrogens is 1. The molecule has 2 N–H and O–H groups in total. The van der Waals surface area contributed by atoms with Gasteiger partial charge in [0.2, 0.25) is 5.91 Å². The number of methoxy groups -OCH3 is 1. The number of aryl methyl sites for hydroxylation is 1. The number of likely N-dealkylation sites (tertiary alicyclic amines) is 2. The van der Waals surface area contributed by atoms with E-state index in [0.717, 1.165) is 23.0 Å². The van der Waals surface area contributed by atoms with E-state index in [0.29, 0.717) is 80.8 Å². The molecule has 3 aromatic rings. The predicted octanol–water partition coefficient (Wildman–Crippen LogP) is 5.51. The van der Waals surface area contributed by atoms with Gasteiger partial charge in [-0.05, 0) is 92.8 Å². The van der Waals surface area contributed by atoms with Crippen molar-refractivity contribution in [3.05, 3.63) is 80.0 Å². The number of carbonyl (C=O) groups excluding carboxylic acids is 4. The molecule has 2 aromatic carbocycles. The molecular weight excluding hydrogens is 715 g/mol. The molecule has 0 aliphatic carbocycles. The molecule has 290 valence electrons. The number of anilines is 1. The van der Waals surface area contributed by atoms with Crippen molar-refractivity contribution < 1.29 is 28.3 Å². The van der Waals surface area contributed by atoms with Crippen LogP contribution in [0.2, 0.25) is 5.02 Å². The van der Waals surface area contributed by atoms with Gasteiger partial charge in [0, 0.05) is 82.8 Å². The van der Waals surface area contributed by atoms with Crippen molar-refractivity contribution in [2.24, 2.45) is 7.05 Å². The van der Waals surface area contributed by atoms with Crippen LogP contribution in [0.5, 0.6) is 5.75 Å². The van der Waals surface area contributed by atoms with E-state index in [1.165, 1.54) is 24.8 Å². The van der Waals surface area contributed by atoms with E-state index in [2.05, 4.69) is 10.6 Å². The molecule has 4 amide bonds. The standard InChI is InChI=1S/C40H50ClFN6O6/c1-24-25(2)38(51)45(4)23-31(24)27-20-32(41)36(35(21-27)54-6)39(52)47-17-13-29(14-18-47)46(5)40(53)48-15-11-26(12-16-48)30-10-9-28(22-33(30)42)44-34(8-7-19-49)37(50)43-3/h9-10,19-23,26,29,34,44H,7-8,11-18H2,1-6H3,(H,43,50). The maximum absolute atomic E-state index is 15.3. The third kappa shape index (κ3) is 8.56. The van der Waals surface area contributed by atoms with Gasteiger partial charge in [0.05, 0.1) is 12.1 Å². The average Bonchev–Trinajstić information content (AvgIpc) is 3.18. The van der Waals surface area contributed by atoms with Crippen LogP contribution >= 0.6 is 11.6 Å². The first kappa shape index (κ1) is 40.3. The summed E-state index contributed by atoms with van der Waals surface area (Å²) in [5.74, 6) is -0.607. The van der Waals surface area contributed by atoms with Crippen LogP contribution in [-0.2, 0) is 16.6 Å². The highest BCUT2D eigenvalue weighted by Crippen LogP contribution is 2.37. The summed E-state index contributed by atoms with van der Waals surface area (Å²) >= 11 is 6.76. The monoisotopic (exact) mass is 764 g/mol. The van der Waals surface area contributed by atoms with Gasteiger partial charge < -0.3 is 39.4 Å². The number of piperidine rings is 2. The molecule has 2 aliphatic heterocycles. The molecule has 1 atom stereocenters. The van der Waals surface area contributed by atoms with Crippen molar-refractivity contribution in [2.45, 2.75) is 70.4 Å². The number of halogens is 2. The summed E-state index contributed by atoms with van der Waals surface area (Å²) < 4.78 is 22.5. The Morgan fingerprint density at radius 3 is 2.31 bits per heavy atom. The van der Waals surface area contributed by atoms with Gasteiger partial charge in [-0.2, -0.15) is 0 Å². The highest BCUT2D eigenvalue weighted by Gasteiger charge is 2.34. The SMILES string of the molecule is CNC(=O)C(CCC=O)Nc1ccc(C2CCN(C(=O)N(C)C3CCN(C(=O)c4c(Cl)cc(-c5cn(C)c(=O)c(C)c5C)cc4OC)CC3)CC2)c(F)c1. The van der Waals surface area contributed by atoms with E-state index in [1.54, 1.807) is 61.3 Å². The quantitative estimate of drug-likeness (QED) is 0.246. The lowest BCUT2D eigenvalue weighted by atomic mass is 9.89. The highest BCUT2D eigenvalue weighted by molar-refractivity contribution is 6.34. The van der Waals surface area contributed by atoms with E-state index in [1.807, 2.05) is 11.8 Å². The fourth-order valence-corrected chi connectivity index (χ4v) is 7.87. The third-order valence-electron chi connectivity index (χ3n) is 11.0. The Bertz CT molecular complexity index is 1950. The van der Waals surface area contributed by atoms with Gasteiger partial charge in [0.25, 0.3) is 11.5 Å². The molecule has 0 bridgehead atoms. The van der Waals surface area contributed by atoms with Crippen molar-refractivity contribution in [3.8, 4) is 16.9 Å². The normalized spacial score (nSPS) is 15.8. The summed E-state index contributed by atoms with van der Waals surface area (Å²) in [6.07, 6.45) is 5.43. The number of urea groups is 1. The van der Waals surface area contributed by atoms with Gasteiger partial charge >= 0.3 is 6.03 Å². The number of hydrogen-bond donors (Lipinski definition) is 2. The second-order valence-corrected chi connectivity index (χ2v) is 14.6. The number of nitrogens with zero attached hydrogens (tertiary/aromatic N) is 4. The lowest BCUT2D eigenvalue weighted by molar-refractivity contribution is -0.121. The molecule has 12 nitrogen and oxygen atoms in total.